The highest BCUT2D eigenvalue weighted by Gasteiger charge is 2.35. The molecule has 1 saturated heterocycles. The molecule has 0 saturated carbocycles. The second-order valence-electron chi connectivity index (χ2n) is 5.48. The van der Waals surface area contributed by atoms with Crippen molar-refractivity contribution in [3.63, 3.8) is 0 Å². The Labute approximate surface area is 124 Å². The zero-order chi connectivity index (χ0) is 14.7. The molecule has 1 atom stereocenters. The first-order valence-corrected chi connectivity index (χ1v) is 7.97. The van der Waals surface area contributed by atoms with Gasteiger partial charge in [0.2, 0.25) is 11.8 Å². The van der Waals surface area contributed by atoms with Crippen molar-refractivity contribution in [3.05, 3.63) is 21.9 Å². The molecule has 5 heteroatoms. The highest BCUT2D eigenvalue weighted by molar-refractivity contribution is 7.11. The van der Waals surface area contributed by atoms with Gasteiger partial charge in [-0.2, -0.15) is 0 Å². The molecule has 4 nitrogen and oxygen atoms in total. The Hall–Kier alpha value is -1.36. The second kappa shape index (κ2) is 6.39. The first kappa shape index (κ1) is 15.0. The standard InChI is InChI=1S/C15H22N2O2S/c1-4-12-5-6-13(20-12)8-16-15(19)11-7-14(18)17(9-11)10(2)3/h5-6,10-11H,4,7-9H2,1-3H3,(H,16,19)/t11-/m1/s1. The topological polar surface area (TPSA) is 49.4 Å². The van der Waals surface area contributed by atoms with Gasteiger partial charge < -0.3 is 10.2 Å². The van der Waals surface area contributed by atoms with Crippen molar-refractivity contribution in [3.8, 4) is 0 Å². The average molecular weight is 294 g/mol. The molecule has 0 radical (unpaired) electrons. The number of hydrogen-bond donors (Lipinski definition) is 1. The first-order valence-electron chi connectivity index (χ1n) is 7.16. The molecule has 0 aromatic carbocycles. The van der Waals surface area contributed by atoms with Crippen LogP contribution in [0.3, 0.4) is 0 Å². The molecule has 1 N–H and O–H groups in total. The summed E-state index contributed by atoms with van der Waals surface area (Å²) in [5.41, 5.74) is 0. The van der Waals surface area contributed by atoms with E-state index in [-0.39, 0.29) is 23.8 Å². The van der Waals surface area contributed by atoms with Gasteiger partial charge in [0.25, 0.3) is 0 Å². The van der Waals surface area contributed by atoms with Crippen molar-refractivity contribution < 1.29 is 9.59 Å². The molecule has 0 unspecified atom stereocenters. The zero-order valence-electron chi connectivity index (χ0n) is 12.3. The first-order chi connectivity index (χ1) is 9.51. The highest BCUT2D eigenvalue weighted by atomic mass is 32.1. The molecule has 2 rings (SSSR count). The SMILES string of the molecule is CCc1ccc(CNC(=O)[C@@H]2CC(=O)N(C(C)C)C2)s1. The predicted octanol–water partition coefficient (Wildman–Crippen LogP) is 2.18. The third-order valence-electron chi connectivity index (χ3n) is 3.66. The van der Waals surface area contributed by atoms with Gasteiger partial charge in [0, 0.05) is 28.8 Å². The fourth-order valence-corrected chi connectivity index (χ4v) is 3.33. The van der Waals surface area contributed by atoms with E-state index in [0.29, 0.717) is 19.5 Å². The van der Waals surface area contributed by atoms with E-state index in [4.69, 9.17) is 0 Å². The summed E-state index contributed by atoms with van der Waals surface area (Å²) in [7, 11) is 0. The summed E-state index contributed by atoms with van der Waals surface area (Å²) in [4.78, 5) is 28.2. The molecule has 1 aromatic heterocycles. The molecular formula is C15H22N2O2S. The zero-order valence-corrected chi connectivity index (χ0v) is 13.1. The molecule has 2 amide bonds. The maximum Gasteiger partial charge on any atom is 0.225 e. The largest absolute Gasteiger partial charge is 0.351 e. The Bertz CT molecular complexity index is 496. The minimum Gasteiger partial charge on any atom is -0.351 e. The van der Waals surface area contributed by atoms with Crippen LogP contribution >= 0.6 is 11.3 Å². The van der Waals surface area contributed by atoms with Crippen LogP contribution in [-0.2, 0) is 22.6 Å². The van der Waals surface area contributed by atoms with Gasteiger partial charge in [-0.1, -0.05) is 6.92 Å². The molecule has 1 aromatic rings. The quantitative estimate of drug-likeness (QED) is 0.905. The molecule has 2 heterocycles. The summed E-state index contributed by atoms with van der Waals surface area (Å²) in [5, 5.41) is 2.95. The molecular weight excluding hydrogens is 272 g/mol. The van der Waals surface area contributed by atoms with E-state index in [1.165, 1.54) is 9.75 Å². The summed E-state index contributed by atoms with van der Waals surface area (Å²) in [6, 6.07) is 4.33. The second-order valence-corrected chi connectivity index (χ2v) is 6.73. The van der Waals surface area contributed by atoms with Crippen molar-refractivity contribution >= 4 is 23.2 Å². The number of nitrogens with one attached hydrogen (secondary N) is 1. The van der Waals surface area contributed by atoms with Crippen LogP contribution in [0.2, 0.25) is 0 Å². The molecule has 1 aliphatic heterocycles. The number of thiophene rings is 1. The van der Waals surface area contributed by atoms with Crippen molar-refractivity contribution in [1.82, 2.24) is 10.2 Å². The Balaban J connectivity index is 1.85. The normalized spacial score (nSPS) is 18.9. The minimum absolute atomic E-state index is 0.00653. The lowest BCUT2D eigenvalue weighted by Gasteiger charge is -2.20. The Morgan fingerprint density at radius 1 is 1.45 bits per heavy atom. The molecule has 1 aliphatic rings. The molecule has 0 bridgehead atoms. The fraction of sp³-hybridized carbons (Fsp3) is 0.600. The van der Waals surface area contributed by atoms with Gasteiger partial charge in [-0.3, -0.25) is 9.59 Å². The van der Waals surface area contributed by atoms with E-state index in [1.54, 1.807) is 16.2 Å². The van der Waals surface area contributed by atoms with E-state index in [9.17, 15) is 9.59 Å². The van der Waals surface area contributed by atoms with Gasteiger partial charge in [-0.25, -0.2) is 0 Å². The van der Waals surface area contributed by atoms with Crippen LogP contribution < -0.4 is 5.32 Å². The molecule has 0 aliphatic carbocycles. The van der Waals surface area contributed by atoms with E-state index < -0.39 is 0 Å². The molecule has 20 heavy (non-hydrogen) atoms. The van der Waals surface area contributed by atoms with Crippen LogP contribution in [0.15, 0.2) is 12.1 Å². The number of hydrogen-bond acceptors (Lipinski definition) is 3. The van der Waals surface area contributed by atoms with Gasteiger partial charge in [0.1, 0.15) is 0 Å². The van der Waals surface area contributed by atoms with E-state index in [1.807, 2.05) is 13.8 Å². The smallest absolute Gasteiger partial charge is 0.225 e. The lowest BCUT2D eigenvalue weighted by molar-refractivity contribution is -0.129. The third kappa shape index (κ3) is 3.39. The summed E-state index contributed by atoms with van der Waals surface area (Å²) < 4.78 is 0. The van der Waals surface area contributed by atoms with Gasteiger partial charge in [0.15, 0.2) is 0 Å². The predicted molar refractivity (Wildman–Crippen MR) is 80.5 cm³/mol. The lowest BCUT2D eigenvalue weighted by atomic mass is 10.1. The van der Waals surface area contributed by atoms with Gasteiger partial charge in [-0.15, -0.1) is 11.3 Å². The van der Waals surface area contributed by atoms with Gasteiger partial charge >= 0.3 is 0 Å². The Morgan fingerprint density at radius 2 is 2.15 bits per heavy atom. The Kier molecular flexibility index (Phi) is 4.81. The van der Waals surface area contributed by atoms with Crippen LogP contribution in [0.5, 0.6) is 0 Å². The maximum absolute atomic E-state index is 12.1. The average Bonchev–Trinajstić information content (AvgIpc) is 3.02. The number of aryl methyl sites for hydroxylation is 1. The van der Waals surface area contributed by atoms with Crippen molar-refractivity contribution in [2.45, 2.75) is 46.2 Å². The molecule has 110 valence electrons. The number of carbonyl (C=O) groups excluding carboxylic acids is 2. The monoisotopic (exact) mass is 294 g/mol. The number of carbonyl (C=O) groups is 2. The van der Waals surface area contributed by atoms with Crippen LogP contribution in [-0.4, -0.2) is 29.3 Å². The van der Waals surface area contributed by atoms with E-state index in [0.717, 1.165) is 6.42 Å². The maximum atomic E-state index is 12.1. The number of rotatable bonds is 5. The summed E-state index contributed by atoms with van der Waals surface area (Å²) >= 11 is 1.73. The minimum atomic E-state index is -0.199. The van der Waals surface area contributed by atoms with E-state index in [2.05, 4.69) is 24.4 Å². The van der Waals surface area contributed by atoms with Crippen LogP contribution in [0.25, 0.3) is 0 Å². The summed E-state index contributed by atoms with van der Waals surface area (Å²) in [6.45, 7) is 7.20. The van der Waals surface area contributed by atoms with Crippen LogP contribution in [0, 0.1) is 5.92 Å². The number of amides is 2. The summed E-state index contributed by atoms with van der Waals surface area (Å²) in [6.07, 6.45) is 1.37. The van der Waals surface area contributed by atoms with Crippen molar-refractivity contribution in [1.29, 1.82) is 0 Å². The van der Waals surface area contributed by atoms with E-state index >= 15 is 0 Å². The number of likely N-dealkylation sites (tertiary alicyclic amines) is 1. The van der Waals surface area contributed by atoms with Crippen molar-refractivity contribution in [2.75, 3.05) is 6.54 Å². The molecule has 0 spiro atoms. The fourth-order valence-electron chi connectivity index (χ4n) is 2.43. The van der Waals surface area contributed by atoms with Gasteiger partial charge in [-0.05, 0) is 32.4 Å². The van der Waals surface area contributed by atoms with Crippen LogP contribution in [0.4, 0.5) is 0 Å². The highest BCUT2D eigenvalue weighted by Crippen LogP contribution is 2.21. The summed E-state index contributed by atoms with van der Waals surface area (Å²) in [5.74, 6) is -0.118. The van der Waals surface area contributed by atoms with Crippen molar-refractivity contribution in [2.24, 2.45) is 5.92 Å². The lowest BCUT2D eigenvalue weighted by Crippen LogP contribution is -2.35. The number of nitrogens with zero attached hydrogens (tertiary/aromatic N) is 1. The molecule has 1 fully saturated rings. The van der Waals surface area contributed by atoms with Gasteiger partial charge in [0.05, 0.1) is 12.5 Å². The van der Waals surface area contributed by atoms with Crippen LogP contribution in [0.1, 0.15) is 36.9 Å². The Morgan fingerprint density at radius 3 is 2.70 bits per heavy atom. The third-order valence-corrected chi connectivity index (χ3v) is 4.88.